The largest absolute Gasteiger partial charge is 1.00 e. The SMILES string of the molecule is [2H]C([2H])(OP(=O)([O-])[O-])N1C(=O)C(C([2H])([2H])[2H])(C([2H])([2H])[2H])Oc2ccc(Nc3nc(Nc4cc(OC)c(OC)c(OC)c4)ncc3F)nc21.[Na+].[Na+]. The summed E-state index contributed by atoms with van der Waals surface area (Å²) in [5.41, 5.74) is -3.51. The van der Waals surface area contributed by atoms with E-state index in [0.29, 0.717) is 5.69 Å². The molecule has 0 fully saturated rings. The second kappa shape index (κ2) is 14.5. The topological polar surface area (TPSA) is 192 Å². The van der Waals surface area contributed by atoms with Crippen molar-refractivity contribution < 1.29 is 117 Å². The molecule has 15 nitrogen and oxygen atoms in total. The Labute approximate surface area is 295 Å². The van der Waals surface area contributed by atoms with Crippen molar-refractivity contribution in [3.05, 3.63) is 36.3 Å². The van der Waals surface area contributed by atoms with E-state index in [9.17, 15) is 23.5 Å². The first-order chi connectivity index (χ1) is 22.1. The second-order valence-electron chi connectivity index (χ2n) is 7.63. The third-order valence-corrected chi connectivity index (χ3v) is 5.28. The number of pyridine rings is 1. The van der Waals surface area contributed by atoms with Crippen molar-refractivity contribution in [1.82, 2.24) is 15.0 Å². The molecule has 1 aliphatic rings. The number of hydrogen-bond acceptors (Lipinski definition) is 14. The van der Waals surface area contributed by atoms with Crippen molar-refractivity contribution in [2.45, 2.75) is 19.3 Å². The summed E-state index contributed by atoms with van der Waals surface area (Å²) in [6, 6.07) is 4.80. The molecule has 2 N–H and O–H groups in total. The number of carbonyl (C=O) groups is 1. The number of fused-ring (bicyclic) bond motifs is 1. The minimum Gasteiger partial charge on any atom is -0.790 e. The number of rotatable bonds is 10. The molecule has 42 heavy (non-hydrogen) atoms. The normalized spacial score (nSPS) is 17.3. The molecule has 0 saturated carbocycles. The van der Waals surface area contributed by atoms with Gasteiger partial charge in [0.05, 0.1) is 38.1 Å². The molecule has 1 amide bonds. The first-order valence-corrected chi connectivity index (χ1v) is 12.2. The Morgan fingerprint density at radius 3 is 2.36 bits per heavy atom. The number of methoxy groups -OCH3 is 3. The van der Waals surface area contributed by atoms with Crippen LogP contribution in [0.25, 0.3) is 0 Å². The maximum absolute atomic E-state index is 14.9. The van der Waals surface area contributed by atoms with E-state index in [-0.39, 0.29) is 82.3 Å². The Morgan fingerprint density at radius 2 is 1.79 bits per heavy atom. The predicted molar refractivity (Wildman–Crippen MR) is 135 cm³/mol. The third kappa shape index (κ3) is 8.23. The van der Waals surface area contributed by atoms with E-state index in [0.717, 1.165) is 18.3 Å². The number of ether oxygens (including phenoxy) is 4. The van der Waals surface area contributed by atoms with Crippen LogP contribution in [0.15, 0.2) is 30.5 Å². The van der Waals surface area contributed by atoms with Gasteiger partial charge in [-0.05, 0) is 25.8 Å². The number of halogens is 1. The van der Waals surface area contributed by atoms with Gasteiger partial charge in [0.2, 0.25) is 11.7 Å². The van der Waals surface area contributed by atoms with Crippen LogP contribution in [0, 0.1) is 5.82 Å². The van der Waals surface area contributed by atoms with E-state index in [1.54, 1.807) is 0 Å². The van der Waals surface area contributed by atoms with Crippen LogP contribution in [0.1, 0.15) is 24.7 Å². The third-order valence-electron chi connectivity index (χ3n) is 4.97. The van der Waals surface area contributed by atoms with Crippen LogP contribution in [0.2, 0.25) is 0 Å². The molecule has 0 spiro atoms. The molecule has 19 heteroatoms. The number of phosphoric acid groups is 1. The number of nitrogens with zero attached hydrogens (tertiary/aromatic N) is 4. The number of nitrogens with one attached hydrogen (secondary N) is 2. The molecular formula is C23H24FN6Na2O9P. The van der Waals surface area contributed by atoms with Crippen LogP contribution in [0.3, 0.4) is 0 Å². The summed E-state index contributed by atoms with van der Waals surface area (Å²) in [6.45, 7) is -11.7. The van der Waals surface area contributed by atoms with Gasteiger partial charge in [-0.25, -0.2) is 14.4 Å². The Kier molecular flexibility index (Phi) is 8.67. The fraction of sp³-hybridized carbons (Fsp3) is 0.304. The van der Waals surface area contributed by atoms with Gasteiger partial charge in [0, 0.05) is 26.0 Å². The number of hydrogen-bond donors (Lipinski definition) is 2. The summed E-state index contributed by atoms with van der Waals surface area (Å²) in [6.07, 6.45) is 0.751. The first kappa shape index (κ1) is 25.1. The van der Waals surface area contributed by atoms with E-state index in [1.807, 2.05) is 0 Å². The maximum Gasteiger partial charge on any atom is 1.00 e. The zero-order valence-corrected chi connectivity index (χ0v) is 27.6. The molecule has 3 aromatic rings. The average Bonchev–Trinajstić information content (AvgIpc) is 2.95. The van der Waals surface area contributed by atoms with Crippen LogP contribution in [-0.4, -0.2) is 54.5 Å². The molecule has 1 aliphatic heterocycles. The number of carbonyl (C=O) groups excluding carboxylic acids is 1. The molecule has 0 bridgehead atoms. The minimum absolute atomic E-state index is 0. The quantitative estimate of drug-likeness (QED) is 0.162. The van der Waals surface area contributed by atoms with E-state index in [1.165, 1.54) is 33.5 Å². The van der Waals surface area contributed by atoms with Gasteiger partial charge in [0.25, 0.3) is 5.91 Å². The molecule has 214 valence electrons. The van der Waals surface area contributed by atoms with E-state index < -0.39 is 73.6 Å². The molecule has 0 unspecified atom stereocenters. The number of amides is 1. The number of aromatic nitrogens is 3. The Hall–Kier alpha value is -2.24. The molecule has 0 aliphatic carbocycles. The summed E-state index contributed by atoms with van der Waals surface area (Å²) in [7, 11) is -2.11. The van der Waals surface area contributed by atoms with Crippen LogP contribution < -0.4 is 103 Å². The van der Waals surface area contributed by atoms with Crippen molar-refractivity contribution in [2.24, 2.45) is 0 Å². The van der Waals surface area contributed by atoms with Gasteiger partial charge in [-0.2, -0.15) is 4.98 Å². The standard InChI is InChI=1S/C23H26FN6O9P.2Na/c1-23(2)21(31)30(11-38-40(32,33)34)20-14(39-23)6-7-17(28-20)27-19-13(24)10-25-22(29-19)26-12-8-15(35-3)18(37-5)16(9-12)36-4;;/h6-10H,11H2,1-5H3,(H2,32,33,34)(H2,25,26,27,28,29);;/q;2*+1/p-2/i1D3,2D3,11D2;;. The van der Waals surface area contributed by atoms with Crippen LogP contribution >= 0.6 is 7.82 Å². The summed E-state index contributed by atoms with van der Waals surface area (Å²) in [4.78, 5) is 47.7. The molecule has 0 saturated heterocycles. The van der Waals surface area contributed by atoms with E-state index >= 15 is 0 Å². The van der Waals surface area contributed by atoms with Gasteiger partial charge >= 0.3 is 59.1 Å². The van der Waals surface area contributed by atoms with Crippen LogP contribution in [0.5, 0.6) is 23.0 Å². The average molecular weight is 632 g/mol. The van der Waals surface area contributed by atoms with Gasteiger partial charge in [-0.1, -0.05) is 0 Å². The molecule has 0 atom stereocenters. The molecule has 0 radical (unpaired) electrons. The van der Waals surface area contributed by atoms with Crippen molar-refractivity contribution >= 4 is 42.8 Å². The monoisotopic (exact) mass is 632 g/mol. The van der Waals surface area contributed by atoms with Crippen molar-refractivity contribution in [3.8, 4) is 23.0 Å². The number of benzene rings is 1. The van der Waals surface area contributed by atoms with Crippen LogP contribution in [0.4, 0.5) is 33.5 Å². The minimum atomic E-state index is -6.27. The fourth-order valence-corrected chi connectivity index (χ4v) is 3.48. The number of anilines is 5. The summed E-state index contributed by atoms with van der Waals surface area (Å²) < 4.78 is 114. The molecule has 4 rings (SSSR count). The maximum atomic E-state index is 14.9. The van der Waals surface area contributed by atoms with Gasteiger partial charge < -0.3 is 48.5 Å². The Morgan fingerprint density at radius 1 is 1.12 bits per heavy atom. The van der Waals surface area contributed by atoms with E-state index in [2.05, 4.69) is 30.1 Å². The van der Waals surface area contributed by atoms with Crippen molar-refractivity contribution in [1.29, 1.82) is 0 Å². The zero-order chi connectivity index (χ0) is 36.0. The fourth-order valence-electron chi connectivity index (χ4n) is 3.30. The predicted octanol–water partition coefficient (Wildman–Crippen LogP) is -4.16. The van der Waals surface area contributed by atoms with Gasteiger partial charge in [0.1, 0.15) is 12.5 Å². The second-order valence-corrected chi connectivity index (χ2v) is 8.70. The van der Waals surface area contributed by atoms with Crippen molar-refractivity contribution in [3.63, 3.8) is 0 Å². The van der Waals surface area contributed by atoms with Crippen molar-refractivity contribution in [2.75, 3.05) is 43.5 Å². The van der Waals surface area contributed by atoms with Gasteiger partial charge in [0.15, 0.2) is 40.3 Å². The summed E-state index contributed by atoms with van der Waals surface area (Å²) in [5, 5.41) is 5.23. The summed E-state index contributed by atoms with van der Waals surface area (Å²) in [5.74, 6) is -5.58. The summed E-state index contributed by atoms with van der Waals surface area (Å²) >= 11 is 0. The first-order valence-electron chi connectivity index (χ1n) is 14.7. The van der Waals surface area contributed by atoms with Crippen LogP contribution in [-0.2, 0) is 13.9 Å². The van der Waals surface area contributed by atoms with E-state index in [4.69, 9.17) is 29.9 Å². The molecular weight excluding hydrogens is 600 g/mol. The Bertz CT molecular complexity index is 1750. The molecule has 1 aromatic carbocycles. The molecule has 2 aromatic heterocycles. The zero-order valence-electron chi connectivity index (χ0n) is 30.7. The van der Waals surface area contributed by atoms with Gasteiger partial charge in [-0.15, -0.1) is 0 Å². The number of phosphoric ester groups is 1. The molecule has 3 heterocycles. The Balaban J connectivity index is 0.00000433. The van der Waals surface area contributed by atoms with Gasteiger partial charge in [-0.3, -0.25) is 9.69 Å². The smallest absolute Gasteiger partial charge is 0.790 e.